The third-order valence-corrected chi connectivity index (χ3v) is 27.6. The molecular weight excluding hydrogens is 1610 g/mol. The fourth-order valence-electron chi connectivity index (χ4n) is 21.9. The van der Waals surface area contributed by atoms with Gasteiger partial charge in [-0.3, -0.25) is 0 Å². The zero-order valence-electron chi connectivity index (χ0n) is 72.7. The van der Waals surface area contributed by atoms with Crippen molar-refractivity contribution in [3.63, 3.8) is 0 Å². The number of rotatable bonds is 12. The van der Waals surface area contributed by atoms with Gasteiger partial charge in [0.15, 0.2) is 22.3 Å². The van der Waals surface area contributed by atoms with Gasteiger partial charge >= 0.3 is 0 Å². The molecule has 0 saturated heterocycles. The van der Waals surface area contributed by atoms with Gasteiger partial charge in [-0.1, -0.05) is 291 Å². The lowest BCUT2D eigenvalue weighted by Gasteiger charge is -2.30. The van der Waals surface area contributed by atoms with Crippen molar-refractivity contribution in [1.82, 2.24) is 0 Å². The number of para-hydroxylation sites is 4. The Morgan fingerprint density at radius 3 is 0.750 bits per heavy atom. The van der Waals surface area contributed by atoms with Crippen LogP contribution in [0.2, 0.25) is 0 Å². The Morgan fingerprint density at radius 2 is 0.409 bits per heavy atom. The summed E-state index contributed by atoms with van der Waals surface area (Å²) in [6, 6.07) is 150. The number of anilines is 12. The molecule has 0 aliphatic rings. The largest absolute Gasteiger partial charge is 0.454 e. The van der Waals surface area contributed by atoms with E-state index in [1.54, 1.807) is 0 Å². The molecule has 4 heterocycles. The summed E-state index contributed by atoms with van der Waals surface area (Å²) in [7, 11) is 0. The van der Waals surface area contributed by atoms with E-state index in [1.165, 1.54) is 97.7 Å². The molecule has 0 spiro atoms. The number of furan rings is 4. The molecule has 0 aliphatic carbocycles. The topological polar surface area (TPSA) is 65.5 Å². The lowest BCUT2D eigenvalue weighted by molar-refractivity contribution is 0.669. The number of aryl methyl sites for hydroxylation is 4. The number of fused-ring (bicyclic) bond motifs is 20. The average Bonchev–Trinajstić information content (AvgIpc) is 1.25. The summed E-state index contributed by atoms with van der Waals surface area (Å²) in [6.45, 7) is 8.66. The lowest BCUT2D eigenvalue weighted by Crippen LogP contribution is -2.12. The second-order valence-corrected chi connectivity index (χ2v) is 35.6. The van der Waals surface area contributed by atoms with Crippen LogP contribution in [0.1, 0.15) is 22.3 Å². The minimum absolute atomic E-state index is 0.861. The van der Waals surface area contributed by atoms with Crippen molar-refractivity contribution in [2.24, 2.45) is 0 Å². The first-order chi connectivity index (χ1) is 65.1. The molecular formula is C124H80N4O4. The summed E-state index contributed by atoms with van der Waals surface area (Å²) in [6.07, 6.45) is 0. The maximum atomic E-state index is 6.93. The van der Waals surface area contributed by atoms with Crippen molar-refractivity contribution in [3.05, 3.63) is 435 Å². The van der Waals surface area contributed by atoms with Crippen molar-refractivity contribution >= 4 is 264 Å². The molecule has 0 N–H and O–H groups in total. The summed E-state index contributed by atoms with van der Waals surface area (Å²) in [5, 5.41) is 32.7. The molecule has 8 heteroatoms. The van der Waals surface area contributed by atoms with Crippen LogP contribution in [0.3, 0.4) is 0 Å². The molecule has 24 aromatic carbocycles. The van der Waals surface area contributed by atoms with Gasteiger partial charge in [-0.25, -0.2) is 0 Å². The predicted molar refractivity (Wildman–Crippen MR) is 557 cm³/mol. The number of hydrogen-bond acceptors (Lipinski definition) is 8. The molecule has 0 fully saturated rings. The summed E-state index contributed by atoms with van der Waals surface area (Å²) in [4.78, 5) is 9.64. The molecule has 0 radical (unpaired) electrons. The van der Waals surface area contributed by atoms with Gasteiger partial charge in [-0.05, 0) is 257 Å². The van der Waals surface area contributed by atoms with Gasteiger partial charge in [0, 0.05) is 87.4 Å². The van der Waals surface area contributed by atoms with Crippen LogP contribution < -0.4 is 19.6 Å². The normalized spacial score (nSPS) is 12.1. The fraction of sp³-hybridized carbons (Fsp3) is 0.0323. The average molecular weight is 1690 g/mol. The molecule has 132 heavy (non-hydrogen) atoms. The van der Waals surface area contributed by atoms with E-state index in [-0.39, 0.29) is 0 Å². The fourth-order valence-corrected chi connectivity index (χ4v) is 21.9. The molecule has 4 aromatic heterocycles. The number of benzene rings is 24. The van der Waals surface area contributed by atoms with Gasteiger partial charge in [0.05, 0.1) is 45.5 Å². The van der Waals surface area contributed by atoms with E-state index in [9.17, 15) is 0 Å². The van der Waals surface area contributed by atoms with Crippen LogP contribution in [0.5, 0.6) is 0 Å². The summed E-state index contributed by atoms with van der Waals surface area (Å²) in [5.74, 6) is 0. The minimum atomic E-state index is 0.861. The van der Waals surface area contributed by atoms with E-state index in [0.717, 1.165) is 188 Å². The van der Waals surface area contributed by atoms with Crippen molar-refractivity contribution < 1.29 is 17.7 Å². The maximum absolute atomic E-state index is 6.93. The first-order valence-electron chi connectivity index (χ1n) is 45.3. The first kappa shape index (κ1) is 75.0. The number of hydrogen-bond donors (Lipinski definition) is 0. The Hall–Kier alpha value is -17.2. The summed E-state index contributed by atoms with van der Waals surface area (Å²) in [5.41, 5.74) is 24.3. The number of nitrogens with zero attached hydrogens (tertiary/aromatic N) is 4. The van der Waals surface area contributed by atoms with Crippen LogP contribution in [-0.4, -0.2) is 0 Å². The third-order valence-electron chi connectivity index (χ3n) is 27.6. The van der Waals surface area contributed by atoms with Gasteiger partial charge in [-0.2, -0.15) is 0 Å². The Morgan fingerprint density at radius 1 is 0.144 bits per heavy atom. The molecule has 0 unspecified atom stereocenters. The Labute approximate surface area is 758 Å². The van der Waals surface area contributed by atoms with Crippen LogP contribution >= 0.6 is 0 Å². The van der Waals surface area contributed by atoms with Crippen molar-refractivity contribution in [2.45, 2.75) is 27.7 Å². The molecule has 28 aromatic rings. The maximum Gasteiger partial charge on any atom is 0.160 e. The molecule has 28 rings (SSSR count). The van der Waals surface area contributed by atoms with Crippen LogP contribution in [-0.2, 0) is 0 Å². The highest BCUT2D eigenvalue weighted by Gasteiger charge is 2.32. The van der Waals surface area contributed by atoms with Crippen LogP contribution in [0.15, 0.2) is 430 Å². The van der Waals surface area contributed by atoms with E-state index in [2.05, 4.69) is 460 Å². The van der Waals surface area contributed by atoms with Gasteiger partial charge < -0.3 is 37.3 Å². The highest BCUT2D eigenvalue weighted by Crippen LogP contribution is 2.56. The molecule has 620 valence electrons. The van der Waals surface area contributed by atoms with E-state index < -0.39 is 0 Å². The van der Waals surface area contributed by atoms with E-state index in [4.69, 9.17) is 17.7 Å². The van der Waals surface area contributed by atoms with Gasteiger partial charge in [0.2, 0.25) is 0 Å². The minimum Gasteiger partial charge on any atom is -0.454 e. The molecule has 0 aliphatic heterocycles. The van der Waals surface area contributed by atoms with Crippen LogP contribution in [0, 0.1) is 27.7 Å². The van der Waals surface area contributed by atoms with Gasteiger partial charge in [-0.15, -0.1) is 0 Å². The lowest BCUT2D eigenvalue weighted by atomic mass is 9.91. The highest BCUT2D eigenvalue weighted by atomic mass is 16.3. The Bertz CT molecular complexity index is 9130. The van der Waals surface area contributed by atoms with E-state index in [1.807, 2.05) is 0 Å². The summed E-state index contributed by atoms with van der Waals surface area (Å²) < 4.78 is 27.7. The zero-order chi connectivity index (χ0) is 87.2. The Kier molecular flexibility index (Phi) is 16.6. The van der Waals surface area contributed by atoms with Gasteiger partial charge in [0.1, 0.15) is 22.3 Å². The second-order valence-electron chi connectivity index (χ2n) is 35.6. The molecule has 0 atom stereocenters. The van der Waals surface area contributed by atoms with Crippen LogP contribution in [0.4, 0.5) is 68.2 Å². The summed E-state index contributed by atoms with van der Waals surface area (Å²) >= 11 is 0. The standard InChI is InChI=1S/2C62H40N2O2/c1-37-11-7-15-43(35-37)63(53-21-9-19-49-59-45-17-5-3-13-39(45)27-33-55(59)65-61(49)53)51-31-25-41-24-30-48-52(32-26-42-23-29-47(51)57(41)58(42)48)64(44-16-8-12-38(2)36-44)54-22-10-20-50-60-46-18-6-4-14-40(46)28-34-56(60)66-62(50)54;1-37-13-11-17-43(33-37)63(53-35-41-15-3-5-19-45(41)59-49-21-7-9-23-55(49)65-61(53)59)51-31-27-39-26-30-48-52(32-28-40-25-29-47(51)57(39)58(40)48)64(44-18-12-14-38(2)34-44)54-36-42-16-4-6-20-46(42)60-50-22-8-10-24-56(50)66-62(54)60/h2*3-36H,1-2H3. The van der Waals surface area contributed by atoms with E-state index in [0.29, 0.717) is 0 Å². The molecule has 0 saturated carbocycles. The first-order valence-corrected chi connectivity index (χ1v) is 45.3. The van der Waals surface area contributed by atoms with Crippen molar-refractivity contribution in [3.8, 4) is 0 Å². The van der Waals surface area contributed by atoms with Crippen molar-refractivity contribution in [2.75, 3.05) is 19.6 Å². The molecule has 0 bridgehead atoms. The van der Waals surface area contributed by atoms with E-state index >= 15 is 0 Å². The quantitative estimate of drug-likeness (QED) is 0.112. The monoisotopic (exact) mass is 1690 g/mol. The SMILES string of the molecule is Cc1cccc(N(c2ccc3ccc4c(N(c5cccc(C)c5)c5cc6ccccc6c6c5oc5ccccc56)ccc5ccc2c3c54)c2cc3ccccc3c3c2oc2ccccc23)c1.Cc1cccc(N(c2ccc3ccc4c(N(c5cccc(C)c5)c5cccc6c5oc5ccc7ccccc7c56)ccc5ccc2c3c54)c2cccc3c2oc2ccc4ccccc4c23)c1. The van der Waals surface area contributed by atoms with Crippen molar-refractivity contribution in [1.29, 1.82) is 0 Å². The highest BCUT2D eigenvalue weighted by molar-refractivity contribution is 6.33. The Balaban J connectivity index is 0.000000135. The van der Waals surface area contributed by atoms with Gasteiger partial charge in [0.25, 0.3) is 0 Å². The molecule has 8 nitrogen and oxygen atoms in total. The zero-order valence-corrected chi connectivity index (χ0v) is 72.7. The molecule has 0 amide bonds. The third kappa shape index (κ3) is 11.5. The second kappa shape index (κ2) is 29.2. The predicted octanol–water partition coefficient (Wildman–Crippen LogP) is 36.5. The van der Waals surface area contributed by atoms with Crippen LogP contribution in [0.25, 0.3) is 195 Å². The smallest absolute Gasteiger partial charge is 0.160 e.